The monoisotopic (exact) mass is 288 g/mol. The van der Waals surface area contributed by atoms with Crippen LogP contribution in [0.1, 0.15) is 18.1 Å². The van der Waals surface area contributed by atoms with Crippen LogP contribution in [0.15, 0.2) is 23.1 Å². The molecule has 0 saturated heterocycles. The molecule has 18 heavy (non-hydrogen) atoms. The van der Waals surface area contributed by atoms with Gasteiger partial charge in [0.2, 0.25) is 10.0 Å². The van der Waals surface area contributed by atoms with Crippen LogP contribution in [0.3, 0.4) is 0 Å². The molecule has 1 rings (SSSR count). The number of hydrogen-bond acceptors (Lipinski definition) is 4. The van der Waals surface area contributed by atoms with Gasteiger partial charge in [0.1, 0.15) is 0 Å². The minimum Gasteiger partial charge on any atom is -0.326 e. The normalized spacial score (nSPS) is 13.6. The molecular weight excluding hydrogens is 268 g/mol. The average molecular weight is 288 g/mol. The van der Waals surface area contributed by atoms with Crippen LogP contribution in [0.4, 0.5) is 0 Å². The number of rotatable bonds is 6. The molecule has 102 valence electrons. The van der Waals surface area contributed by atoms with E-state index in [4.69, 9.17) is 5.73 Å². The smallest absolute Gasteiger partial charge is 0.240 e. The van der Waals surface area contributed by atoms with Gasteiger partial charge in [0, 0.05) is 18.3 Å². The number of benzene rings is 1. The third kappa shape index (κ3) is 3.98. The van der Waals surface area contributed by atoms with Gasteiger partial charge in [-0.05, 0) is 43.4 Å². The predicted molar refractivity (Wildman–Crippen MR) is 77.2 cm³/mol. The highest BCUT2D eigenvalue weighted by Crippen LogP contribution is 2.15. The first-order valence-electron chi connectivity index (χ1n) is 5.71. The van der Waals surface area contributed by atoms with Crippen molar-refractivity contribution in [1.29, 1.82) is 0 Å². The lowest BCUT2D eigenvalue weighted by Crippen LogP contribution is -2.34. The second kappa shape index (κ2) is 6.56. The van der Waals surface area contributed by atoms with Crippen LogP contribution >= 0.6 is 11.8 Å². The lowest BCUT2D eigenvalue weighted by atomic mass is 10.1. The van der Waals surface area contributed by atoms with Crippen molar-refractivity contribution in [2.45, 2.75) is 31.3 Å². The first-order chi connectivity index (χ1) is 8.40. The molecule has 1 atom stereocenters. The molecule has 0 bridgehead atoms. The van der Waals surface area contributed by atoms with Gasteiger partial charge in [0.25, 0.3) is 0 Å². The van der Waals surface area contributed by atoms with E-state index >= 15 is 0 Å². The summed E-state index contributed by atoms with van der Waals surface area (Å²) in [6, 6.07) is 4.95. The molecule has 1 aromatic rings. The molecule has 3 N–H and O–H groups in total. The molecule has 0 spiro atoms. The van der Waals surface area contributed by atoms with Crippen molar-refractivity contribution in [3.63, 3.8) is 0 Å². The Morgan fingerprint density at radius 3 is 2.67 bits per heavy atom. The van der Waals surface area contributed by atoms with Gasteiger partial charge in [-0.25, -0.2) is 13.1 Å². The minimum atomic E-state index is -3.45. The fourth-order valence-electron chi connectivity index (χ4n) is 1.65. The Bertz CT molecular complexity index is 501. The van der Waals surface area contributed by atoms with Gasteiger partial charge < -0.3 is 5.73 Å². The van der Waals surface area contributed by atoms with E-state index in [2.05, 4.69) is 4.72 Å². The van der Waals surface area contributed by atoms with Gasteiger partial charge in [0.15, 0.2) is 0 Å². The summed E-state index contributed by atoms with van der Waals surface area (Å²) < 4.78 is 26.9. The molecule has 0 aliphatic carbocycles. The fraction of sp³-hybridized carbons (Fsp3) is 0.500. The summed E-state index contributed by atoms with van der Waals surface area (Å²) >= 11 is 1.61. The van der Waals surface area contributed by atoms with E-state index in [0.29, 0.717) is 6.54 Å². The molecule has 0 aliphatic rings. The quantitative estimate of drug-likeness (QED) is 0.832. The van der Waals surface area contributed by atoms with Crippen LogP contribution in [0.5, 0.6) is 0 Å². The first-order valence-corrected chi connectivity index (χ1v) is 8.59. The number of nitrogens with two attached hydrogens (primary N) is 1. The highest BCUT2D eigenvalue weighted by Gasteiger charge is 2.17. The molecule has 0 aromatic heterocycles. The topological polar surface area (TPSA) is 72.2 Å². The highest BCUT2D eigenvalue weighted by atomic mass is 32.2. The molecule has 0 aliphatic heterocycles. The largest absolute Gasteiger partial charge is 0.326 e. The Morgan fingerprint density at radius 2 is 2.11 bits per heavy atom. The Kier molecular flexibility index (Phi) is 5.65. The minimum absolute atomic E-state index is 0.0902. The summed E-state index contributed by atoms with van der Waals surface area (Å²) in [6.45, 7) is 4.12. The maximum atomic E-state index is 12.1. The van der Waals surface area contributed by atoms with Gasteiger partial charge in [-0.15, -0.1) is 0 Å². The molecule has 0 radical (unpaired) electrons. The average Bonchev–Trinajstić information content (AvgIpc) is 2.28. The zero-order valence-electron chi connectivity index (χ0n) is 10.9. The summed E-state index contributed by atoms with van der Waals surface area (Å²) in [6.07, 6.45) is 1.95. The Labute approximate surface area is 113 Å². The number of sulfonamides is 1. The van der Waals surface area contributed by atoms with Crippen LogP contribution in [0.2, 0.25) is 0 Å². The summed E-state index contributed by atoms with van der Waals surface area (Å²) in [7, 11) is -3.45. The van der Waals surface area contributed by atoms with E-state index in [-0.39, 0.29) is 10.9 Å². The molecule has 0 saturated carbocycles. The number of thioether (sulfide) groups is 1. The van der Waals surface area contributed by atoms with E-state index < -0.39 is 10.0 Å². The molecule has 6 heteroatoms. The summed E-state index contributed by atoms with van der Waals surface area (Å²) in [5.74, 6) is 0.745. The molecule has 4 nitrogen and oxygen atoms in total. The Balaban J connectivity index is 2.98. The van der Waals surface area contributed by atoms with Crippen molar-refractivity contribution in [2.24, 2.45) is 5.73 Å². The van der Waals surface area contributed by atoms with Crippen LogP contribution in [-0.2, 0) is 16.6 Å². The number of aryl methyl sites for hydroxylation is 1. The van der Waals surface area contributed by atoms with E-state index in [1.54, 1.807) is 30.0 Å². The first kappa shape index (κ1) is 15.5. The van der Waals surface area contributed by atoms with E-state index in [1.807, 2.05) is 20.1 Å². The van der Waals surface area contributed by atoms with Gasteiger partial charge >= 0.3 is 0 Å². The molecule has 0 fully saturated rings. The Morgan fingerprint density at radius 1 is 1.44 bits per heavy atom. The summed E-state index contributed by atoms with van der Waals surface area (Å²) in [5.41, 5.74) is 7.46. The fourth-order valence-corrected chi connectivity index (χ4v) is 3.63. The molecule has 1 aromatic carbocycles. The van der Waals surface area contributed by atoms with Crippen molar-refractivity contribution < 1.29 is 8.42 Å². The summed E-state index contributed by atoms with van der Waals surface area (Å²) in [4.78, 5) is 0.279. The lowest BCUT2D eigenvalue weighted by Gasteiger charge is -2.14. The van der Waals surface area contributed by atoms with Gasteiger partial charge in [-0.1, -0.05) is 6.07 Å². The van der Waals surface area contributed by atoms with E-state index in [1.165, 1.54) is 0 Å². The molecule has 0 amide bonds. The maximum absolute atomic E-state index is 12.1. The second-order valence-electron chi connectivity index (χ2n) is 4.27. The van der Waals surface area contributed by atoms with E-state index in [9.17, 15) is 8.42 Å². The van der Waals surface area contributed by atoms with Crippen LogP contribution < -0.4 is 10.5 Å². The van der Waals surface area contributed by atoms with Crippen molar-refractivity contribution in [3.8, 4) is 0 Å². The third-order valence-corrected chi connectivity index (χ3v) is 5.04. The predicted octanol–water partition coefficient (Wildman–Crippen LogP) is 1.48. The third-order valence-electron chi connectivity index (χ3n) is 2.62. The van der Waals surface area contributed by atoms with Crippen molar-refractivity contribution in [1.82, 2.24) is 4.72 Å². The van der Waals surface area contributed by atoms with Crippen molar-refractivity contribution in [3.05, 3.63) is 29.3 Å². The van der Waals surface area contributed by atoms with Crippen molar-refractivity contribution in [2.75, 3.05) is 12.0 Å². The summed E-state index contributed by atoms with van der Waals surface area (Å²) in [5, 5.41) is 0. The molecule has 1 unspecified atom stereocenters. The maximum Gasteiger partial charge on any atom is 0.240 e. The lowest BCUT2D eigenvalue weighted by molar-refractivity contribution is 0.571. The van der Waals surface area contributed by atoms with E-state index in [0.717, 1.165) is 16.9 Å². The van der Waals surface area contributed by atoms with Crippen LogP contribution in [0.25, 0.3) is 0 Å². The zero-order chi connectivity index (χ0) is 13.8. The molecular formula is C12H20N2O2S2. The van der Waals surface area contributed by atoms with Gasteiger partial charge in [0.05, 0.1) is 4.90 Å². The number of hydrogen-bond donors (Lipinski definition) is 2. The SMILES string of the molecule is CSCC(C)NS(=O)(=O)c1ccc(C)c(CN)c1. The standard InChI is InChI=1S/C12H20N2O2S2/c1-9-4-5-12(6-11(9)7-13)18(15,16)14-10(2)8-17-3/h4-6,10,14H,7-8,13H2,1-3H3. The second-order valence-corrected chi connectivity index (χ2v) is 6.89. The van der Waals surface area contributed by atoms with Crippen molar-refractivity contribution >= 4 is 21.8 Å². The zero-order valence-corrected chi connectivity index (χ0v) is 12.6. The van der Waals surface area contributed by atoms with Crippen LogP contribution in [0, 0.1) is 6.92 Å². The van der Waals surface area contributed by atoms with Gasteiger partial charge in [-0.2, -0.15) is 11.8 Å². The molecule has 0 heterocycles. The van der Waals surface area contributed by atoms with Gasteiger partial charge in [-0.3, -0.25) is 0 Å². The Hall–Kier alpha value is -0.560. The van der Waals surface area contributed by atoms with Crippen LogP contribution in [-0.4, -0.2) is 26.5 Å². The highest BCUT2D eigenvalue weighted by molar-refractivity contribution is 7.98. The number of nitrogens with one attached hydrogen (secondary N) is 1.